The molecule has 2 saturated heterocycles. The molecular weight excluding hydrogens is 404 g/mol. The molecule has 1 N–H and O–H groups in total. The monoisotopic (exact) mass is 420 g/mol. The summed E-state index contributed by atoms with van der Waals surface area (Å²) in [7, 11) is 0. The molecule has 2 aromatic heterocycles. The molecule has 28 heavy (non-hydrogen) atoms. The summed E-state index contributed by atoms with van der Waals surface area (Å²) in [6.45, 7) is 1.50. The number of thiophene rings is 1. The molecule has 146 valence electrons. The van der Waals surface area contributed by atoms with E-state index in [0.717, 1.165) is 27.9 Å². The van der Waals surface area contributed by atoms with Gasteiger partial charge in [0.2, 0.25) is 0 Å². The van der Waals surface area contributed by atoms with E-state index in [1.165, 1.54) is 22.6 Å². The number of carbonyl (C=O) groups is 2. The van der Waals surface area contributed by atoms with E-state index in [9.17, 15) is 14.7 Å². The fourth-order valence-corrected chi connectivity index (χ4v) is 4.49. The van der Waals surface area contributed by atoms with Crippen LogP contribution < -0.4 is 0 Å². The van der Waals surface area contributed by atoms with Crippen molar-refractivity contribution in [2.45, 2.75) is 31.4 Å². The molecule has 0 bridgehead atoms. The highest BCUT2D eigenvalue weighted by molar-refractivity contribution is 7.19. The van der Waals surface area contributed by atoms with Gasteiger partial charge < -0.3 is 14.7 Å². The first-order valence-corrected chi connectivity index (χ1v) is 10.1. The summed E-state index contributed by atoms with van der Waals surface area (Å²) in [5.74, 6) is 6.00. The lowest BCUT2D eigenvalue weighted by atomic mass is 10.2. The van der Waals surface area contributed by atoms with E-state index in [1.54, 1.807) is 11.0 Å². The van der Waals surface area contributed by atoms with Crippen LogP contribution in [0.2, 0.25) is 5.15 Å². The van der Waals surface area contributed by atoms with Crippen LogP contribution in [-0.2, 0) is 4.74 Å². The van der Waals surface area contributed by atoms with E-state index in [2.05, 4.69) is 21.8 Å². The van der Waals surface area contributed by atoms with Crippen LogP contribution in [0.4, 0.5) is 9.59 Å². The molecule has 2 aromatic rings. The number of carbonyl (C=O) groups excluding carboxylic acids is 1. The van der Waals surface area contributed by atoms with Gasteiger partial charge in [-0.3, -0.25) is 4.90 Å². The first-order chi connectivity index (χ1) is 13.5. The number of aromatic nitrogens is 2. The van der Waals surface area contributed by atoms with Gasteiger partial charge in [-0.15, -0.1) is 11.3 Å². The van der Waals surface area contributed by atoms with Gasteiger partial charge in [0.1, 0.15) is 28.5 Å². The summed E-state index contributed by atoms with van der Waals surface area (Å²) in [6, 6.07) is 1.25. The van der Waals surface area contributed by atoms with Gasteiger partial charge in [0.15, 0.2) is 0 Å². The molecule has 2 atom stereocenters. The van der Waals surface area contributed by atoms with E-state index >= 15 is 0 Å². The Bertz CT molecular complexity index is 979. The van der Waals surface area contributed by atoms with Crippen molar-refractivity contribution in [3.8, 4) is 11.8 Å². The fourth-order valence-electron chi connectivity index (χ4n) is 3.39. The Balaban J connectivity index is 1.48. The van der Waals surface area contributed by atoms with Gasteiger partial charge in [0.05, 0.1) is 16.8 Å². The quantitative estimate of drug-likeness (QED) is 0.562. The Morgan fingerprint density at radius 2 is 2.11 bits per heavy atom. The van der Waals surface area contributed by atoms with Crippen LogP contribution in [0.25, 0.3) is 10.2 Å². The number of likely N-dealkylation sites (tertiary alicyclic amines) is 2. The summed E-state index contributed by atoms with van der Waals surface area (Å²) in [6.07, 6.45) is 1.73. The maximum absolute atomic E-state index is 12.2. The Kier molecular flexibility index (Phi) is 5.24. The number of hydrogen-bond donors (Lipinski definition) is 1. The van der Waals surface area contributed by atoms with Crippen molar-refractivity contribution in [2.75, 3.05) is 19.6 Å². The Morgan fingerprint density at radius 3 is 2.82 bits per heavy atom. The molecule has 2 aliphatic rings. The molecule has 4 heterocycles. The van der Waals surface area contributed by atoms with Crippen molar-refractivity contribution < 1.29 is 19.4 Å². The third kappa shape index (κ3) is 3.84. The molecule has 10 heteroatoms. The second-order valence-corrected chi connectivity index (χ2v) is 8.04. The lowest BCUT2D eigenvalue weighted by Gasteiger charge is -2.19. The second kappa shape index (κ2) is 7.81. The number of fused-ring (bicyclic) bond motifs is 1. The minimum absolute atomic E-state index is 0.123. The van der Waals surface area contributed by atoms with Gasteiger partial charge in [-0.1, -0.05) is 23.4 Å². The highest BCUT2D eigenvalue weighted by Gasteiger charge is 2.37. The van der Waals surface area contributed by atoms with Gasteiger partial charge in [-0.05, 0) is 18.9 Å². The van der Waals surface area contributed by atoms with Crippen LogP contribution in [0.5, 0.6) is 0 Å². The summed E-state index contributed by atoms with van der Waals surface area (Å²) in [4.78, 5) is 36.2. The lowest BCUT2D eigenvalue weighted by Crippen LogP contribution is -2.35. The molecule has 4 rings (SSSR count). The number of nitrogens with zero attached hydrogens (tertiary/aromatic N) is 4. The van der Waals surface area contributed by atoms with Crippen molar-refractivity contribution in [2.24, 2.45) is 0 Å². The zero-order chi connectivity index (χ0) is 19.7. The first-order valence-electron chi connectivity index (χ1n) is 8.88. The molecule has 0 unspecified atom stereocenters. The number of hydrogen-bond acceptors (Lipinski definition) is 6. The van der Waals surface area contributed by atoms with Crippen LogP contribution in [-0.4, -0.2) is 68.8 Å². The third-order valence-corrected chi connectivity index (χ3v) is 6.04. The lowest BCUT2D eigenvalue weighted by molar-refractivity contribution is 0.0708. The van der Waals surface area contributed by atoms with Crippen molar-refractivity contribution in [1.29, 1.82) is 0 Å². The molecule has 0 spiro atoms. The Hall–Kier alpha value is -2.57. The number of ether oxygens (including phenoxy) is 1. The highest BCUT2D eigenvalue weighted by Crippen LogP contribution is 2.28. The predicted molar refractivity (Wildman–Crippen MR) is 104 cm³/mol. The van der Waals surface area contributed by atoms with Crippen molar-refractivity contribution >= 4 is 45.3 Å². The number of halogens is 1. The summed E-state index contributed by atoms with van der Waals surface area (Å²) < 4.78 is 5.50. The highest BCUT2D eigenvalue weighted by atomic mass is 35.5. The van der Waals surface area contributed by atoms with E-state index in [1.807, 2.05) is 0 Å². The van der Waals surface area contributed by atoms with Gasteiger partial charge >= 0.3 is 12.2 Å². The normalized spacial score (nSPS) is 21.6. The van der Waals surface area contributed by atoms with Crippen LogP contribution in [0.3, 0.4) is 0 Å². The summed E-state index contributed by atoms with van der Waals surface area (Å²) in [5, 5.41) is 10.5. The molecule has 0 aromatic carbocycles. The maximum atomic E-state index is 12.2. The molecule has 2 fully saturated rings. The number of carboxylic acid groups (broad SMARTS) is 1. The molecule has 0 radical (unpaired) electrons. The Morgan fingerprint density at radius 1 is 1.32 bits per heavy atom. The summed E-state index contributed by atoms with van der Waals surface area (Å²) >= 11 is 7.42. The third-order valence-electron chi connectivity index (χ3n) is 4.78. The minimum Gasteiger partial charge on any atom is -0.465 e. The van der Waals surface area contributed by atoms with Gasteiger partial charge in [-0.25, -0.2) is 19.6 Å². The van der Waals surface area contributed by atoms with Crippen LogP contribution in [0.15, 0.2) is 12.4 Å². The molecular formula is C18H17ClN4O4S. The fraction of sp³-hybridized carbons (Fsp3) is 0.444. The van der Waals surface area contributed by atoms with Gasteiger partial charge in [0.25, 0.3) is 0 Å². The SMILES string of the molecule is O=C(O[C@H]1C[C@@H](C#Cc2cc3c(Cl)ncnc3s2)N(C(=O)O)C1)N1CCCC1. The predicted octanol–water partition coefficient (Wildman–Crippen LogP) is 3.05. The maximum Gasteiger partial charge on any atom is 0.410 e. The van der Waals surface area contributed by atoms with E-state index in [4.69, 9.17) is 16.3 Å². The molecule has 2 aliphatic heterocycles. The minimum atomic E-state index is -1.08. The first kappa shape index (κ1) is 18.8. The number of amides is 2. The zero-order valence-electron chi connectivity index (χ0n) is 14.8. The molecule has 0 saturated carbocycles. The zero-order valence-corrected chi connectivity index (χ0v) is 16.4. The van der Waals surface area contributed by atoms with Gasteiger partial charge in [0, 0.05) is 19.5 Å². The average molecular weight is 421 g/mol. The van der Waals surface area contributed by atoms with Crippen LogP contribution in [0.1, 0.15) is 24.1 Å². The van der Waals surface area contributed by atoms with Crippen LogP contribution in [0, 0.1) is 11.8 Å². The van der Waals surface area contributed by atoms with Crippen LogP contribution >= 0.6 is 22.9 Å². The standard InChI is InChI=1S/C18H17ClN4O4S/c19-15-14-8-13(28-16(14)21-10-20-15)4-3-11-7-12(9-23(11)17(24)25)27-18(26)22-5-1-2-6-22/h8,10-12H,1-2,5-7,9H2,(H,24,25)/t11-,12+/m1/s1. The molecule has 8 nitrogen and oxygen atoms in total. The molecule has 0 aliphatic carbocycles. The topological polar surface area (TPSA) is 95.9 Å². The van der Waals surface area contributed by atoms with Crippen molar-refractivity contribution in [1.82, 2.24) is 19.8 Å². The Labute approximate surface area is 170 Å². The number of rotatable bonds is 1. The second-order valence-electron chi connectivity index (χ2n) is 6.65. The van der Waals surface area contributed by atoms with E-state index in [-0.39, 0.29) is 12.6 Å². The van der Waals surface area contributed by atoms with E-state index in [0.29, 0.717) is 24.7 Å². The van der Waals surface area contributed by atoms with Gasteiger partial charge in [-0.2, -0.15) is 0 Å². The summed E-state index contributed by atoms with van der Waals surface area (Å²) in [5.41, 5.74) is 0. The van der Waals surface area contributed by atoms with E-state index < -0.39 is 18.2 Å². The van der Waals surface area contributed by atoms with Crippen molar-refractivity contribution in [3.63, 3.8) is 0 Å². The van der Waals surface area contributed by atoms with Crippen molar-refractivity contribution in [3.05, 3.63) is 22.4 Å². The smallest absolute Gasteiger partial charge is 0.410 e. The molecule has 2 amide bonds. The largest absolute Gasteiger partial charge is 0.465 e. The average Bonchev–Trinajstić information content (AvgIpc) is 3.39.